The molecule has 0 saturated carbocycles. The predicted molar refractivity (Wildman–Crippen MR) is 90.8 cm³/mol. The Morgan fingerprint density at radius 1 is 1.14 bits per heavy atom. The molecule has 2 N–H and O–H groups in total. The van der Waals surface area contributed by atoms with Crippen molar-refractivity contribution in [3.63, 3.8) is 0 Å². The highest BCUT2D eigenvalue weighted by Crippen LogP contribution is 2.19. The van der Waals surface area contributed by atoms with Crippen molar-refractivity contribution in [2.24, 2.45) is 0 Å². The van der Waals surface area contributed by atoms with E-state index in [1.54, 1.807) is 12.3 Å². The Morgan fingerprint density at radius 3 is 2.64 bits per heavy atom. The van der Waals surface area contributed by atoms with Crippen molar-refractivity contribution in [3.05, 3.63) is 53.3 Å². The standard InChI is InChI=1S/C17H20ClN3O/c1-2-3-4-10-20-17(22)16-12-15(9-11-19-16)21-14-7-5-13(18)6-8-14/h5-9,11-12H,2-4,10H2,1H3,(H,19,21)(H,20,22). The van der Waals surface area contributed by atoms with Crippen molar-refractivity contribution in [2.75, 3.05) is 11.9 Å². The fraction of sp³-hybridized carbons (Fsp3) is 0.294. The second-order valence-electron chi connectivity index (χ2n) is 5.02. The Labute approximate surface area is 135 Å². The molecule has 2 aromatic rings. The third kappa shape index (κ3) is 5.04. The fourth-order valence-corrected chi connectivity index (χ4v) is 2.13. The van der Waals surface area contributed by atoms with E-state index < -0.39 is 0 Å². The molecule has 0 bridgehead atoms. The summed E-state index contributed by atoms with van der Waals surface area (Å²) in [5.41, 5.74) is 2.14. The first-order valence-electron chi connectivity index (χ1n) is 7.46. The summed E-state index contributed by atoms with van der Waals surface area (Å²) in [5.74, 6) is -0.143. The lowest BCUT2D eigenvalue weighted by molar-refractivity contribution is 0.0948. The van der Waals surface area contributed by atoms with Gasteiger partial charge in [-0.1, -0.05) is 31.4 Å². The van der Waals surface area contributed by atoms with Gasteiger partial charge in [-0.2, -0.15) is 0 Å². The number of hydrogen-bond acceptors (Lipinski definition) is 3. The predicted octanol–water partition coefficient (Wildman–Crippen LogP) is 4.40. The van der Waals surface area contributed by atoms with Crippen LogP contribution in [0.4, 0.5) is 11.4 Å². The molecule has 0 aliphatic heterocycles. The second-order valence-corrected chi connectivity index (χ2v) is 5.46. The van der Waals surface area contributed by atoms with Gasteiger partial charge < -0.3 is 10.6 Å². The minimum Gasteiger partial charge on any atom is -0.355 e. The van der Waals surface area contributed by atoms with Crippen LogP contribution in [0.15, 0.2) is 42.6 Å². The third-order valence-electron chi connectivity index (χ3n) is 3.19. The fourth-order valence-electron chi connectivity index (χ4n) is 2.00. The molecule has 1 aromatic heterocycles. The Morgan fingerprint density at radius 2 is 1.91 bits per heavy atom. The van der Waals surface area contributed by atoms with E-state index in [1.807, 2.05) is 30.3 Å². The van der Waals surface area contributed by atoms with Crippen molar-refractivity contribution in [1.29, 1.82) is 0 Å². The topological polar surface area (TPSA) is 54.0 Å². The van der Waals surface area contributed by atoms with Gasteiger partial charge in [0.25, 0.3) is 5.91 Å². The minimum absolute atomic E-state index is 0.143. The van der Waals surface area contributed by atoms with Crippen LogP contribution in [0.25, 0.3) is 0 Å². The normalized spacial score (nSPS) is 10.3. The van der Waals surface area contributed by atoms with Crippen LogP contribution in [-0.2, 0) is 0 Å². The smallest absolute Gasteiger partial charge is 0.269 e. The first-order valence-corrected chi connectivity index (χ1v) is 7.83. The monoisotopic (exact) mass is 317 g/mol. The number of unbranched alkanes of at least 4 members (excludes halogenated alkanes) is 2. The molecule has 0 atom stereocenters. The van der Waals surface area contributed by atoms with E-state index in [4.69, 9.17) is 11.6 Å². The van der Waals surface area contributed by atoms with Crippen molar-refractivity contribution in [2.45, 2.75) is 26.2 Å². The Bertz CT molecular complexity index is 614. The number of nitrogens with zero attached hydrogens (tertiary/aromatic N) is 1. The molecule has 5 heteroatoms. The lowest BCUT2D eigenvalue weighted by atomic mass is 10.2. The van der Waals surface area contributed by atoms with Gasteiger partial charge in [-0.3, -0.25) is 9.78 Å². The summed E-state index contributed by atoms with van der Waals surface area (Å²) < 4.78 is 0. The Hall–Kier alpha value is -2.07. The van der Waals surface area contributed by atoms with Crippen molar-refractivity contribution < 1.29 is 4.79 Å². The van der Waals surface area contributed by atoms with Gasteiger partial charge in [0, 0.05) is 29.1 Å². The largest absolute Gasteiger partial charge is 0.355 e. The molecule has 0 radical (unpaired) electrons. The van der Waals surface area contributed by atoms with Gasteiger partial charge in [0.2, 0.25) is 0 Å². The summed E-state index contributed by atoms with van der Waals surface area (Å²) >= 11 is 5.86. The lowest BCUT2D eigenvalue weighted by Crippen LogP contribution is -2.25. The molecule has 1 heterocycles. The minimum atomic E-state index is -0.143. The molecule has 116 valence electrons. The van der Waals surface area contributed by atoms with Gasteiger partial charge in [-0.15, -0.1) is 0 Å². The number of pyridine rings is 1. The van der Waals surface area contributed by atoms with E-state index in [0.29, 0.717) is 17.3 Å². The van der Waals surface area contributed by atoms with Crippen LogP contribution in [0.5, 0.6) is 0 Å². The molecule has 0 aliphatic rings. The SMILES string of the molecule is CCCCCNC(=O)c1cc(Nc2ccc(Cl)cc2)ccn1. The highest BCUT2D eigenvalue weighted by molar-refractivity contribution is 6.30. The van der Waals surface area contributed by atoms with Crippen LogP contribution >= 0.6 is 11.6 Å². The van der Waals surface area contributed by atoms with E-state index in [-0.39, 0.29) is 5.91 Å². The molecule has 22 heavy (non-hydrogen) atoms. The quantitative estimate of drug-likeness (QED) is 0.744. The first kappa shape index (κ1) is 16.3. The second kappa shape index (κ2) is 8.39. The van der Waals surface area contributed by atoms with E-state index in [1.165, 1.54) is 0 Å². The average molecular weight is 318 g/mol. The van der Waals surface area contributed by atoms with Crippen LogP contribution in [0.1, 0.15) is 36.7 Å². The molecular formula is C17H20ClN3O. The molecule has 0 spiro atoms. The molecular weight excluding hydrogens is 298 g/mol. The van der Waals surface area contributed by atoms with Crippen LogP contribution in [0.3, 0.4) is 0 Å². The van der Waals surface area contributed by atoms with E-state index >= 15 is 0 Å². The summed E-state index contributed by atoms with van der Waals surface area (Å²) in [7, 11) is 0. The number of anilines is 2. The zero-order chi connectivity index (χ0) is 15.8. The third-order valence-corrected chi connectivity index (χ3v) is 3.44. The van der Waals surface area contributed by atoms with Gasteiger partial charge in [0.05, 0.1) is 0 Å². The molecule has 0 saturated heterocycles. The summed E-state index contributed by atoms with van der Waals surface area (Å²) in [6.45, 7) is 2.82. The molecule has 1 amide bonds. The van der Waals surface area contributed by atoms with Crippen LogP contribution in [-0.4, -0.2) is 17.4 Å². The van der Waals surface area contributed by atoms with E-state index in [2.05, 4.69) is 22.5 Å². The lowest BCUT2D eigenvalue weighted by Gasteiger charge is -2.08. The maximum atomic E-state index is 12.0. The molecule has 0 unspecified atom stereocenters. The first-order chi connectivity index (χ1) is 10.7. The number of amides is 1. The maximum Gasteiger partial charge on any atom is 0.269 e. The van der Waals surface area contributed by atoms with Gasteiger partial charge in [-0.05, 0) is 42.8 Å². The summed E-state index contributed by atoms with van der Waals surface area (Å²) in [4.78, 5) is 16.2. The number of nitrogens with one attached hydrogen (secondary N) is 2. The summed E-state index contributed by atoms with van der Waals surface area (Å²) in [6.07, 6.45) is 4.87. The Balaban J connectivity index is 1.97. The maximum absolute atomic E-state index is 12.0. The summed E-state index contributed by atoms with van der Waals surface area (Å²) in [6, 6.07) is 10.9. The Kier molecular flexibility index (Phi) is 6.22. The number of aromatic nitrogens is 1. The number of halogens is 1. The average Bonchev–Trinajstić information content (AvgIpc) is 2.54. The summed E-state index contributed by atoms with van der Waals surface area (Å²) in [5, 5.41) is 6.80. The molecule has 0 aliphatic carbocycles. The van der Waals surface area contributed by atoms with Crippen molar-refractivity contribution in [1.82, 2.24) is 10.3 Å². The molecule has 1 aromatic carbocycles. The van der Waals surface area contributed by atoms with Gasteiger partial charge in [-0.25, -0.2) is 0 Å². The van der Waals surface area contributed by atoms with Gasteiger partial charge in [0.15, 0.2) is 0 Å². The van der Waals surface area contributed by atoms with E-state index in [9.17, 15) is 4.79 Å². The van der Waals surface area contributed by atoms with Crippen molar-refractivity contribution >= 4 is 28.9 Å². The molecule has 0 fully saturated rings. The van der Waals surface area contributed by atoms with Gasteiger partial charge in [0.1, 0.15) is 5.69 Å². The highest BCUT2D eigenvalue weighted by atomic mass is 35.5. The van der Waals surface area contributed by atoms with Crippen LogP contribution < -0.4 is 10.6 Å². The molecule has 2 rings (SSSR count). The van der Waals surface area contributed by atoms with Crippen molar-refractivity contribution in [3.8, 4) is 0 Å². The van der Waals surface area contributed by atoms with Crippen LogP contribution in [0.2, 0.25) is 5.02 Å². The number of carbonyl (C=O) groups excluding carboxylic acids is 1. The zero-order valence-corrected chi connectivity index (χ0v) is 13.4. The number of benzene rings is 1. The zero-order valence-electron chi connectivity index (χ0n) is 12.6. The molecule has 4 nitrogen and oxygen atoms in total. The number of rotatable bonds is 7. The number of carbonyl (C=O) groups is 1. The van der Waals surface area contributed by atoms with Gasteiger partial charge >= 0.3 is 0 Å². The highest BCUT2D eigenvalue weighted by Gasteiger charge is 2.07. The number of hydrogen-bond donors (Lipinski definition) is 2. The van der Waals surface area contributed by atoms with Crippen LogP contribution in [0, 0.1) is 0 Å². The van der Waals surface area contributed by atoms with E-state index in [0.717, 1.165) is 30.6 Å².